The van der Waals surface area contributed by atoms with Crippen molar-refractivity contribution in [3.8, 4) is 11.1 Å². The highest BCUT2D eigenvalue weighted by Gasteiger charge is 2.45. The molecule has 2 amide bonds. The molecule has 7 nitrogen and oxygen atoms in total. The molecule has 2 aromatic rings. The summed E-state index contributed by atoms with van der Waals surface area (Å²) in [6.45, 7) is 0.461. The van der Waals surface area contributed by atoms with Crippen molar-refractivity contribution in [2.45, 2.75) is 56.9 Å². The van der Waals surface area contributed by atoms with Crippen molar-refractivity contribution < 1.29 is 24.2 Å². The molecule has 0 unspecified atom stereocenters. The van der Waals surface area contributed by atoms with Gasteiger partial charge in [0.15, 0.2) is 0 Å². The number of fused-ring (bicyclic) bond motifs is 3. The maximum Gasteiger partial charge on any atom is 0.407 e. The number of carboxylic acid groups (broad SMARTS) is 1. The third-order valence-electron chi connectivity index (χ3n) is 8.07. The van der Waals surface area contributed by atoms with Gasteiger partial charge in [-0.15, -0.1) is 0 Å². The van der Waals surface area contributed by atoms with E-state index in [1.54, 1.807) is 0 Å². The van der Waals surface area contributed by atoms with Gasteiger partial charge in [0.25, 0.3) is 0 Å². The Kier molecular flexibility index (Phi) is 6.50. The van der Waals surface area contributed by atoms with E-state index in [1.165, 1.54) is 11.1 Å². The number of amides is 2. The number of nitrogens with one attached hydrogen (secondary N) is 2. The first-order chi connectivity index (χ1) is 17.0. The van der Waals surface area contributed by atoms with Gasteiger partial charge in [-0.1, -0.05) is 61.4 Å². The van der Waals surface area contributed by atoms with Crippen molar-refractivity contribution in [1.82, 2.24) is 10.6 Å². The summed E-state index contributed by atoms with van der Waals surface area (Å²) in [4.78, 5) is 37.1. The molecule has 0 saturated heterocycles. The van der Waals surface area contributed by atoms with Crippen molar-refractivity contribution >= 4 is 18.0 Å². The molecule has 2 saturated carbocycles. The summed E-state index contributed by atoms with van der Waals surface area (Å²) < 4.78 is 5.63. The number of ether oxygens (including phenoxy) is 1. The molecule has 184 valence electrons. The Hall–Kier alpha value is -3.35. The van der Waals surface area contributed by atoms with Gasteiger partial charge in [-0.2, -0.15) is 0 Å². The van der Waals surface area contributed by atoms with E-state index >= 15 is 0 Å². The second-order valence-electron chi connectivity index (χ2n) is 10.2. The Balaban J connectivity index is 1.16. The van der Waals surface area contributed by atoms with E-state index in [9.17, 15) is 19.5 Å². The summed E-state index contributed by atoms with van der Waals surface area (Å²) in [6, 6.07) is 16.3. The van der Waals surface area contributed by atoms with Crippen LogP contribution in [0.2, 0.25) is 0 Å². The molecule has 0 spiro atoms. The Bertz CT molecular complexity index is 1080. The summed E-state index contributed by atoms with van der Waals surface area (Å²) in [5.41, 5.74) is 4.03. The first-order valence-corrected chi connectivity index (χ1v) is 12.6. The maximum absolute atomic E-state index is 13.1. The molecule has 2 aromatic carbocycles. The fraction of sp³-hybridized carbons (Fsp3) is 0.464. The van der Waals surface area contributed by atoms with Crippen molar-refractivity contribution in [3.63, 3.8) is 0 Å². The number of carbonyl (C=O) groups is 3. The number of benzene rings is 2. The number of rotatable bonds is 7. The minimum Gasteiger partial charge on any atom is -0.481 e. The second kappa shape index (κ2) is 9.72. The van der Waals surface area contributed by atoms with Crippen LogP contribution in [0.1, 0.15) is 62.0 Å². The lowest BCUT2D eigenvalue weighted by Gasteiger charge is -2.41. The Morgan fingerprint density at radius 2 is 1.60 bits per heavy atom. The number of aliphatic carboxylic acids is 1. The molecule has 3 aliphatic rings. The molecule has 0 heterocycles. The fourth-order valence-corrected chi connectivity index (χ4v) is 5.86. The normalized spacial score (nSPS) is 22.3. The smallest absolute Gasteiger partial charge is 0.407 e. The summed E-state index contributed by atoms with van der Waals surface area (Å²) in [5, 5.41) is 15.2. The Labute approximate surface area is 205 Å². The van der Waals surface area contributed by atoms with Crippen LogP contribution in [-0.2, 0) is 14.3 Å². The van der Waals surface area contributed by atoms with Gasteiger partial charge < -0.3 is 20.5 Å². The minimum atomic E-state index is -0.792. The van der Waals surface area contributed by atoms with Crippen LogP contribution >= 0.6 is 0 Å². The van der Waals surface area contributed by atoms with E-state index in [-0.39, 0.29) is 31.0 Å². The van der Waals surface area contributed by atoms with Crippen LogP contribution in [0.4, 0.5) is 4.79 Å². The van der Waals surface area contributed by atoms with E-state index < -0.39 is 23.4 Å². The minimum absolute atomic E-state index is 0.0115. The van der Waals surface area contributed by atoms with Crippen molar-refractivity contribution in [2.75, 3.05) is 13.2 Å². The van der Waals surface area contributed by atoms with Crippen LogP contribution in [0, 0.1) is 11.3 Å². The van der Waals surface area contributed by atoms with Gasteiger partial charge in [0, 0.05) is 18.5 Å². The van der Waals surface area contributed by atoms with Crippen LogP contribution in [0.3, 0.4) is 0 Å². The van der Waals surface area contributed by atoms with Crippen molar-refractivity contribution in [2.24, 2.45) is 11.3 Å². The molecule has 0 aromatic heterocycles. The third kappa shape index (κ3) is 4.64. The topological polar surface area (TPSA) is 105 Å². The Morgan fingerprint density at radius 1 is 0.943 bits per heavy atom. The molecular weight excluding hydrogens is 444 g/mol. The molecule has 2 atom stereocenters. The standard InChI is InChI=1S/C28H32N2O5/c31-25(32)18-7-5-8-19(15-18)30-26(33)28(13-6-14-28)17-29-27(34)35-16-24-22-11-3-1-9-20(22)21-10-2-4-12-23(21)24/h1-4,9-12,18-19,24H,5-8,13-17H2,(H,29,34)(H,30,33)(H,31,32)/t18-,19+/m1/s1. The number of hydrogen-bond acceptors (Lipinski definition) is 4. The largest absolute Gasteiger partial charge is 0.481 e. The van der Waals surface area contributed by atoms with Crippen LogP contribution in [0.25, 0.3) is 11.1 Å². The molecule has 3 aliphatic carbocycles. The number of alkyl carbamates (subject to hydrolysis) is 1. The SMILES string of the molecule is O=C(NCC1(C(=O)N[C@H]2CCC[C@@H](C(=O)O)C2)CCC1)OCC1c2ccccc2-c2ccccc21. The number of carbonyl (C=O) groups excluding carboxylic acids is 2. The van der Waals surface area contributed by atoms with E-state index in [1.807, 2.05) is 24.3 Å². The lowest BCUT2D eigenvalue weighted by molar-refractivity contribution is -0.144. The van der Waals surface area contributed by atoms with Crippen LogP contribution in [0.15, 0.2) is 48.5 Å². The van der Waals surface area contributed by atoms with Gasteiger partial charge in [-0.05, 0) is 54.4 Å². The molecule has 0 aliphatic heterocycles. The number of carboxylic acids is 1. The van der Waals surface area contributed by atoms with E-state index in [2.05, 4.69) is 34.9 Å². The molecule has 5 rings (SSSR count). The zero-order valence-electron chi connectivity index (χ0n) is 19.8. The van der Waals surface area contributed by atoms with Crippen molar-refractivity contribution in [3.05, 3.63) is 59.7 Å². The molecule has 0 radical (unpaired) electrons. The van der Waals surface area contributed by atoms with Crippen LogP contribution < -0.4 is 10.6 Å². The summed E-state index contributed by atoms with van der Waals surface area (Å²) >= 11 is 0. The molecular formula is C28H32N2O5. The van der Waals surface area contributed by atoms with Crippen LogP contribution in [0.5, 0.6) is 0 Å². The average Bonchev–Trinajstić information content (AvgIpc) is 3.16. The quantitative estimate of drug-likeness (QED) is 0.547. The predicted molar refractivity (Wildman–Crippen MR) is 131 cm³/mol. The van der Waals surface area contributed by atoms with Gasteiger partial charge in [0.2, 0.25) is 5.91 Å². The summed E-state index contributed by atoms with van der Waals surface area (Å²) in [5.74, 6) is -1.29. The lowest BCUT2D eigenvalue weighted by Crippen LogP contribution is -2.55. The monoisotopic (exact) mass is 476 g/mol. The fourth-order valence-electron chi connectivity index (χ4n) is 5.86. The summed E-state index contributed by atoms with van der Waals surface area (Å²) in [7, 11) is 0. The highest BCUT2D eigenvalue weighted by atomic mass is 16.5. The van der Waals surface area contributed by atoms with E-state index in [0.29, 0.717) is 25.7 Å². The lowest BCUT2D eigenvalue weighted by atomic mass is 9.67. The number of hydrogen-bond donors (Lipinski definition) is 3. The van der Waals surface area contributed by atoms with E-state index in [0.717, 1.165) is 30.4 Å². The second-order valence-corrected chi connectivity index (χ2v) is 10.2. The van der Waals surface area contributed by atoms with E-state index in [4.69, 9.17) is 4.74 Å². The Morgan fingerprint density at radius 3 is 2.20 bits per heavy atom. The van der Waals surface area contributed by atoms with Crippen LogP contribution in [-0.4, -0.2) is 42.3 Å². The highest BCUT2D eigenvalue weighted by molar-refractivity contribution is 5.85. The van der Waals surface area contributed by atoms with Gasteiger partial charge in [0.05, 0.1) is 11.3 Å². The van der Waals surface area contributed by atoms with Gasteiger partial charge in [-0.25, -0.2) is 4.79 Å². The van der Waals surface area contributed by atoms with Crippen molar-refractivity contribution in [1.29, 1.82) is 0 Å². The first kappa shape index (κ1) is 23.4. The third-order valence-corrected chi connectivity index (χ3v) is 8.07. The first-order valence-electron chi connectivity index (χ1n) is 12.6. The molecule has 0 bridgehead atoms. The average molecular weight is 477 g/mol. The highest BCUT2D eigenvalue weighted by Crippen LogP contribution is 2.44. The van der Waals surface area contributed by atoms with Gasteiger partial charge >= 0.3 is 12.1 Å². The molecule has 35 heavy (non-hydrogen) atoms. The summed E-state index contributed by atoms with van der Waals surface area (Å²) in [6.07, 6.45) is 4.55. The van der Waals surface area contributed by atoms with Gasteiger partial charge in [-0.3, -0.25) is 9.59 Å². The molecule has 3 N–H and O–H groups in total. The zero-order chi connectivity index (χ0) is 24.4. The maximum atomic E-state index is 13.1. The predicted octanol–water partition coefficient (Wildman–Crippen LogP) is 4.46. The zero-order valence-corrected chi connectivity index (χ0v) is 19.8. The molecule has 2 fully saturated rings. The van der Waals surface area contributed by atoms with Gasteiger partial charge in [0.1, 0.15) is 6.61 Å². The molecule has 7 heteroatoms.